The largest absolute Gasteiger partial charge is 0.261 e. The summed E-state index contributed by atoms with van der Waals surface area (Å²) in [5.74, 6) is 0.731. The Labute approximate surface area is 87.3 Å². The summed E-state index contributed by atoms with van der Waals surface area (Å²) in [4.78, 5) is 4.87. The van der Waals surface area contributed by atoms with Crippen LogP contribution in [0.5, 0.6) is 0 Å². The highest BCUT2D eigenvalue weighted by Crippen LogP contribution is 2.44. The van der Waals surface area contributed by atoms with E-state index in [0.717, 1.165) is 5.92 Å². The monoisotopic (exact) mass is 191 g/mol. The topological polar surface area (TPSA) is 12.4 Å². The second kappa shape index (κ2) is 3.22. The second-order valence-corrected chi connectivity index (χ2v) is 5.53. The Hall–Kier alpha value is -0.590. The Bertz CT molecular complexity index is 302. The molecule has 2 rings (SSSR count). The van der Waals surface area contributed by atoms with E-state index >= 15 is 0 Å². The van der Waals surface area contributed by atoms with Gasteiger partial charge in [0.1, 0.15) is 0 Å². The van der Waals surface area contributed by atoms with Crippen molar-refractivity contribution in [3.8, 4) is 0 Å². The van der Waals surface area contributed by atoms with Crippen LogP contribution in [0.3, 0.4) is 0 Å². The van der Waals surface area contributed by atoms with Crippen molar-refractivity contribution in [1.29, 1.82) is 0 Å². The van der Waals surface area contributed by atoms with E-state index in [9.17, 15) is 0 Å². The Morgan fingerprint density at radius 2 is 2.07 bits per heavy atom. The zero-order valence-corrected chi connectivity index (χ0v) is 9.85. The van der Waals surface area contributed by atoms with Gasteiger partial charge in [-0.25, -0.2) is 0 Å². The summed E-state index contributed by atoms with van der Waals surface area (Å²) in [7, 11) is 0. The van der Waals surface area contributed by atoms with E-state index in [-0.39, 0.29) is 5.41 Å². The molecule has 0 saturated heterocycles. The van der Waals surface area contributed by atoms with Crippen LogP contribution in [0.15, 0.2) is 16.3 Å². The summed E-state index contributed by atoms with van der Waals surface area (Å²) < 4.78 is 0. The Morgan fingerprint density at radius 3 is 2.64 bits per heavy atom. The van der Waals surface area contributed by atoms with E-state index in [1.54, 1.807) is 5.57 Å². The second-order valence-electron chi connectivity index (χ2n) is 5.53. The van der Waals surface area contributed by atoms with Crippen LogP contribution < -0.4 is 0 Å². The third kappa shape index (κ3) is 1.43. The Balaban J connectivity index is 2.38. The third-order valence-electron chi connectivity index (χ3n) is 3.40. The predicted molar refractivity (Wildman–Crippen MR) is 61.5 cm³/mol. The minimum atomic E-state index is 0.239. The fourth-order valence-corrected chi connectivity index (χ4v) is 2.78. The maximum Gasteiger partial charge on any atom is 0.0455 e. The van der Waals surface area contributed by atoms with E-state index in [4.69, 9.17) is 4.99 Å². The summed E-state index contributed by atoms with van der Waals surface area (Å²) >= 11 is 0. The van der Waals surface area contributed by atoms with Crippen molar-refractivity contribution in [1.82, 2.24) is 0 Å². The number of hydrogen-bond donors (Lipinski definition) is 0. The first-order chi connectivity index (χ1) is 6.54. The van der Waals surface area contributed by atoms with Gasteiger partial charge in [0.15, 0.2) is 0 Å². The molecule has 1 nitrogen and oxygen atoms in total. The van der Waals surface area contributed by atoms with E-state index in [0.29, 0.717) is 0 Å². The van der Waals surface area contributed by atoms with Gasteiger partial charge < -0.3 is 0 Å². The third-order valence-corrected chi connectivity index (χ3v) is 3.40. The number of rotatable bonds is 1. The van der Waals surface area contributed by atoms with E-state index in [1.165, 1.54) is 37.1 Å². The molecule has 0 aromatic heterocycles. The van der Waals surface area contributed by atoms with Gasteiger partial charge in [0, 0.05) is 22.7 Å². The van der Waals surface area contributed by atoms with Crippen LogP contribution in [-0.4, -0.2) is 5.71 Å². The first-order valence-corrected chi connectivity index (χ1v) is 5.85. The van der Waals surface area contributed by atoms with Gasteiger partial charge >= 0.3 is 0 Å². The average molecular weight is 191 g/mol. The molecule has 78 valence electrons. The molecule has 1 unspecified atom stereocenters. The first kappa shape index (κ1) is 9.95. The molecule has 1 saturated carbocycles. The first-order valence-electron chi connectivity index (χ1n) is 5.85. The van der Waals surface area contributed by atoms with Gasteiger partial charge in [-0.15, -0.1) is 0 Å². The van der Waals surface area contributed by atoms with Gasteiger partial charge in [-0.05, 0) is 31.3 Å². The van der Waals surface area contributed by atoms with Crippen LogP contribution in [0.4, 0.5) is 0 Å². The van der Waals surface area contributed by atoms with Crippen LogP contribution in [0, 0.1) is 11.3 Å². The number of fused-ring (bicyclic) bond motifs is 1. The Morgan fingerprint density at radius 1 is 1.36 bits per heavy atom. The predicted octanol–water partition coefficient (Wildman–Crippen LogP) is 3.95. The maximum absolute atomic E-state index is 4.87. The highest BCUT2D eigenvalue weighted by Gasteiger charge is 2.35. The van der Waals surface area contributed by atoms with E-state index < -0.39 is 0 Å². The normalized spacial score (nSPS) is 26.9. The minimum Gasteiger partial charge on any atom is -0.261 e. The summed E-state index contributed by atoms with van der Waals surface area (Å²) in [6.45, 7) is 9.12. The van der Waals surface area contributed by atoms with Gasteiger partial charge in [0.25, 0.3) is 0 Å². The molecule has 1 heteroatoms. The van der Waals surface area contributed by atoms with Gasteiger partial charge in [0.2, 0.25) is 0 Å². The SMILES string of the molecule is CCC1=C(C(C)(C)C)N=C2CCCC21. The van der Waals surface area contributed by atoms with Crippen molar-refractivity contribution in [2.75, 3.05) is 0 Å². The molecule has 0 aromatic rings. The highest BCUT2D eigenvalue weighted by molar-refractivity contribution is 5.94. The number of allylic oxidation sites excluding steroid dienone is 2. The van der Waals surface area contributed by atoms with Gasteiger partial charge in [0.05, 0.1) is 0 Å². The molecule has 0 spiro atoms. The summed E-state index contributed by atoms with van der Waals surface area (Å²) in [5.41, 5.74) is 4.74. The average Bonchev–Trinajstić information content (AvgIpc) is 2.58. The quantitative estimate of drug-likeness (QED) is 0.595. The van der Waals surface area contributed by atoms with Crippen LogP contribution in [0.1, 0.15) is 53.4 Å². The van der Waals surface area contributed by atoms with Crippen molar-refractivity contribution in [3.63, 3.8) is 0 Å². The lowest BCUT2D eigenvalue weighted by Crippen LogP contribution is -2.10. The van der Waals surface area contributed by atoms with Crippen molar-refractivity contribution in [2.24, 2.45) is 16.3 Å². The standard InChI is InChI=1S/C13H21N/c1-5-9-10-7-6-8-11(10)14-12(9)13(2,3)4/h10H,5-8H2,1-4H3. The minimum absolute atomic E-state index is 0.239. The lowest BCUT2D eigenvalue weighted by molar-refractivity contribution is 0.488. The maximum atomic E-state index is 4.87. The van der Waals surface area contributed by atoms with Crippen molar-refractivity contribution < 1.29 is 0 Å². The molecule has 2 aliphatic rings. The van der Waals surface area contributed by atoms with Crippen LogP contribution in [0.2, 0.25) is 0 Å². The van der Waals surface area contributed by atoms with Gasteiger partial charge in [-0.2, -0.15) is 0 Å². The number of aliphatic imine (C=N–C) groups is 1. The summed E-state index contributed by atoms with van der Waals surface area (Å²) in [6.07, 6.45) is 5.13. The molecule has 1 aliphatic carbocycles. The number of nitrogens with zero attached hydrogens (tertiary/aromatic N) is 1. The number of hydrogen-bond acceptors (Lipinski definition) is 1. The van der Waals surface area contributed by atoms with Crippen LogP contribution >= 0.6 is 0 Å². The molecular weight excluding hydrogens is 170 g/mol. The van der Waals surface area contributed by atoms with Crippen LogP contribution in [-0.2, 0) is 0 Å². The molecule has 0 bridgehead atoms. The van der Waals surface area contributed by atoms with Gasteiger partial charge in [-0.1, -0.05) is 27.7 Å². The molecule has 1 atom stereocenters. The molecule has 1 heterocycles. The summed E-state index contributed by atoms with van der Waals surface area (Å²) in [6, 6.07) is 0. The molecule has 14 heavy (non-hydrogen) atoms. The lowest BCUT2D eigenvalue weighted by atomic mass is 9.85. The van der Waals surface area contributed by atoms with Gasteiger partial charge in [-0.3, -0.25) is 4.99 Å². The lowest BCUT2D eigenvalue weighted by Gasteiger charge is -2.21. The van der Waals surface area contributed by atoms with Crippen LogP contribution in [0.25, 0.3) is 0 Å². The molecule has 1 fully saturated rings. The fraction of sp³-hybridized carbons (Fsp3) is 0.769. The fourth-order valence-electron chi connectivity index (χ4n) is 2.78. The zero-order chi connectivity index (χ0) is 10.3. The molecule has 0 amide bonds. The van der Waals surface area contributed by atoms with E-state index in [2.05, 4.69) is 27.7 Å². The highest BCUT2D eigenvalue weighted by atomic mass is 14.8. The molecule has 1 aliphatic heterocycles. The summed E-state index contributed by atoms with van der Waals surface area (Å²) in [5, 5.41) is 0. The van der Waals surface area contributed by atoms with Crippen molar-refractivity contribution in [3.05, 3.63) is 11.3 Å². The zero-order valence-electron chi connectivity index (χ0n) is 9.85. The molecule has 0 N–H and O–H groups in total. The van der Waals surface area contributed by atoms with Crippen molar-refractivity contribution in [2.45, 2.75) is 53.4 Å². The molecule has 0 aromatic carbocycles. The molecule has 0 radical (unpaired) electrons. The van der Waals surface area contributed by atoms with Crippen molar-refractivity contribution >= 4 is 5.71 Å². The smallest absolute Gasteiger partial charge is 0.0455 e. The van der Waals surface area contributed by atoms with E-state index in [1.807, 2.05) is 0 Å². The Kier molecular flexibility index (Phi) is 2.29. The molecular formula is C13H21N.